The fourth-order valence-electron chi connectivity index (χ4n) is 1.52. The second-order valence-electron chi connectivity index (χ2n) is 3.15. The van der Waals surface area contributed by atoms with Crippen molar-refractivity contribution in [2.75, 3.05) is 12.5 Å². The Hall–Kier alpha value is -0.280. The number of aliphatic hydroxyl groups excluding tert-OH is 1. The highest BCUT2D eigenvalue weighted by atomic mass is 35.5. The van der Waals surface area contributed by atoms with E-state index in [4.69, 9.17) is 16.7 Å². The van der Waals surface area contributed by atoms with Crippen LogP contribution in [0.15, 0.2) is 0 Å². The van der Waals surface area contributed by atoms with Gasteiger partial charge in [-0.2, -0.15) is 0 Å². The molecule has 0 aromatic rings. The monoisotopic (exact) mass is 191 g/mol. The van der Waals surface area contributed by atoms with Gasteiger partial charge in [0.2, 0.25) is 5.91 Å². The first-order chi connectivity index (χ1) is 5.77. The first-order valence-electron chi connectivity index (χ1n) is 4.25. The van der Waals surface area contributed by atoms with Gasteiger partial charge >= 0.3 is 0 Å². The molecule has 4 heteroatoms. The molecule has 1 fully saturated rings. The minimum atomic E-state index is -0.0298. The zero-order valence-electron chi connectivity index (χ0n) is 6.92. The van der Waals surface area contributed by atoms with E-state index in [9.17, 15) is 4.79 Å². The number of nitrogens with one attached hydrogen (secondary N) is 1. The van der Waals surface area contributed by atoms with E-state index in [1.165, 1.54) is 0 Å². The Balaban J connectivity index is 2.31. The zero-order valence-corrected chi connectivity index (χ0v) is 7.68. The van der Waals surface area contributed by atoms with Crippen LogP contribution in [-0.2, 0) is 4.79 Å². The van der Waals surface area contributed by atoms with E-state index >= 15 is 0 Å². The maximum atomic E-state index is 11.2. The maximum Gasteiger partial charge on any atom is 0.223 e. The number of amides is 1. The smallest absolute Gasteiger partial charge is 0.223 e. The second kappa shape index (κ2) is 4.67. The number of alkyl halides is 1. The van der Waals surface area contributed by atoms with Crippen LogP contribution in [0.5, 0.6) is 0 Å². The van der Waals surface area contributed by atoms with Gasteiger partial charge < -0.3 is 10.4 Å². The van der Waals surface area contributed by atoms with Crippen molar-refractivity contribution in [1.29, 1.82) is 0 Å². The number of carbonyl (C=O) groups excluding carboxylic acids is 1. The molecule has 0 aromatic carbocycles. The summed E-state index contributed by atoms with van der Waals surface area (Å²) in [5.74, 6) is 0.744. The molecule has 1 rings (SSSR count). The quantitative estimate of drug-likeness (QED) is 0.636. The maximum absolute atomic E-state index is 11.2. The molecule has 3 nitrogen and oxygen atoms in total. The first kappa shape index (κ1) is 9.81. The Morgan fingerprint density at radius 2 is 2.42 bits per heavy atom. The van der Waals surface area contributed by atoms with Crippen molar-refractivity contribution in [1.82, 2.24) is 5.32 Å². The third-order valence-corrected chi connectivity index (χ3v) is 2.46. The topological polar surface area (TPSA) is 49.3 Å². The lowest BCUT2D eigenvalue weighted by molar-refractivity contribution is -0.122. The Kier molecular flexibility index (Phi) is 3.82. The summed E-state index contributed by atoms with van der Waals surface area (Å²) in [5.41, 5.74) is 0. The fourth-order valence-corrected chi connectivity index (χ4v) is 1.68. The number of rotatable bonds is 4. The molecular formula is C8H14ClNO2. The molecular weight excluding hydrogens is 178 g/mol. The van der Waals surface area contributed by atoms with Gasteiger partial charge in [0.1, 0.15) is 0 Å². The van der Waals surface area contributed by atoms with Crippen LogP contribution < -0.4 is 5.32 Å². The minimum Gasteiger partial charge on any atom is -0.394 e. The fraction of sp³-hybridized carbons (Fsp3) is 0.875. The van der Waals surface area contributed by atoms with E-state index in [2.05, 4.69) is 5.32 Å². The summed E-state index contributed by atoms with van der Waals surface area (Å²) in [6.07, 6.45) is 2.47. The predicted octanol–water partition coefficient (Wildman–Crippen LogP) is 0.502. The highest BCUT2D eigenvalue weighted by molar-refractivity contribution is 6.17. The van der Waals surface area contributed by atoms with E-state index in [1.54, 1.807) is 0 Å². The summed E-state index contributed by atoms with van der Waals surface area (Å²) < 4.78 is 0. The molecule has 2 N–H and O–H groups in total. The van der Waals surface area contributed by atoms with Crippen LogP contribution in [0.1, 0.15) is 19.3 Å². The summed E-state index contributed by atoms with van der Waals surface area (Å²) >= 11 is 5.52. The van der Waals surface area contributed by atoms with Crippen molar-refractivity contribution in [3.63, 3.8) is 0 Å². The molecule has 1 aliphatic rings. The molecule has 0 spiro atoms. The largest absolute Gasteiger partial charge is 0.394 e. The first-order valence-corrected chi connectivity index (χ1v) is 4.78. The van der Waals surface area contributed by atoms with Crippen molar-refractivity contribution < 1.29 is 9.90 Å². The Morgan fingerprint density at radius 1 is 1.67 bits per heavy atom. The van der Waals surface area contributed by atoms with Crippen molar-refractivity contribution in [2.45, 2.75) is 25.3 Å². The Bertz CT molecular complexity index is 163. The summed E-state index contributed by atoms with van der Waals surface area (Å²) in [5, 5.41) is 11.5. The van der Waals surface area contributed by atoms with Crippen LogP contribution in [0.3, 0.4) is 0 Å². The van der Waals surface area contributed by atoms with Crippen LogP contribution in [-0.4, -0.2) is 29.5 Å². The van der Waals surface area contributed by atoms with Crippen LogP contribution in [0.4, 0.5) is 0 Å². The van der Waals surface area contributed by atoms with Gasteiger partial charge in [0.15, 0.2) is 0 Å². The number of carbonyl (C=O) groups is 1. The highest BCUT2D eigenvalue weighted by Crippen LogP contribution is 2.20. The molecule has 1 saturated heterocycles. The molecule has 0 bridgehead atoms. The van der Waals surface area contributed by atoms with Gasteiger partial charge in [0, 0.05) is 11.8 Å². The molecule has 2 atom stereocenters. The third-order valence-electron chi connectivity index (χ3n) is 2.19. The minimum absolute atomic E-state index is 0.0298. The second-order valence-corrected chi connectivity index (χ2v) is 3.53. The van der Waals surface area contributed by atoms with E-state index in [1.807, 2.05) is 0 Å². The van der Waals surface area contributed by atoms with Gasteiger partial charge in [-0.15, -0.1) is 11.6 Å². The lowest BCUT2D eigenvalue weighted by atomic mass is 10.0. The molecule has 0 aromatic heterocycles. The molecule has 0 unspecified atom stereocenters. The van der Waals surface area contributed by atoms with E-state index < -0.39 is 0 Å². The van der Waals surface area contributed by atoms with Crippen molar-refractivity contribution in [3.05, 3.63) is 0 Å². The molecule has 1 amide bonds. The van der Waals surface area contributed by atoms with Crippen molar-refractivity contribution in [2.24, 2.45) is 5.92 Å². The van der Waals surface area contributed by atoms with E-state index in [-0.39, 0.29) is 24.5 Å². The number of aliphatic hydroxyl groups is 1. The normalized spacial score (nSPS) is 29.0. The standard InChI is InChI=1S/C8H14ClNO2/c9-3-1-2-6-4-7(5-11)10-8(6)12/h6-7,11H,1-5H2,(H,10,12)/t6-,7+/m1/s1. The molecule has 0 radical (unpaired) electrons. The van der Waals surface area contributed by atoms with Crippen molar-refractivity contribution in [3.8, 4) is 0 Å². The zero-order chi connectivity index (χ0) is 8.97. The molecule has 1 heterocycles. The van der Waals surface area contributed by atoms with Gasteiger partial charge in [0.05, 0.1) is 12.6 Å². The van der Waals surface area contributed by atoms with Crippen LogP contribution in [0, 0.1) is 5.92 Å². The van der Waals surface area contributed by atoms with E-state index in [0.717, 1.165) is 19.3 Å². The van der Waals surface area contributed by atoms with Gasteiger partial charge in [-0.1, -0.05) is 0 Å². The molecule has 12 heavy (non-hydrogen) atoms. The van der Waals surface area contributed by atoms with Crippen molar-refractivity contribution >= 4 is 17.5 Å². The molecule has 70 valence electrons. The average molecular weight is 192 g/mol. The van der Waals surface area contributed by atoms with Crippen LogP contribution >= 0.6 is 11.6 Å². The Morgan fingerprint density at radius 3 is 2.92 bits per heavy atom. The van der Waals surface area contributed by atoms with Crippen LogP contribution in [0.25, 0.3) is 0 Å². The molecule has 1 aliphatic heterocycles. The lowest BCUT2D eigenvalue weighted by Gasteiger charge is -2.04. The lowest BCUT2D eigenvalue weighted by Crippen LogP contribution is -2.28. The van der Waals surface area contributed by atoms with Crippen LogP contribution in [0.2, 0.25) is 0 Å². The predicted molar refractivity (Wildman–Crippen MR) is 47.1 cm³/mol. The number of halogens is 1. The van der Waals surface area contributed by atoms with Gasteiger partial charge in [-0.3, -0.25) is 4.79 Å². The van der Waals surface area contributed by atoms with Gasteiger partial charge in [-0.05, 0) is 19.3 Å². The number of hydrogen-bond acceptors (Lipinski definition) is 2. The Labute approximate surface area is 77.1 Å². The van der Waals surface area contributed by atoms with Gasteiger partial charge in [-0.25, -0.2) is 0 Å². The number of hydrogen-bond donors (Lipinski definition) is 2. The summed E-state index contributed by atoms with van der Waals surface area (Å²) in [4.78, 5) is 11.2. The summed E-state index contributed by atoms with van der Waals surface area (Å²) in [6.45, 7) is 0.0448. The summed E-state index contributed by atoms with van der Waals surface area (Å²) in [6, 6.07) is -0.0298. The highest BCUT2D eigenvalue weighted by Gasteiger charge is 2.30. The third kappa shape index (κ3) is 2.35. The molecule has 0 aliphatic carbocycles. The average Bonchev–Trinajstić information content (AvgIpc) is 2.43. The summed E-state index contributed by atoms with van der Waals surface area (Å²) in [7, 11) is 0. The van der Waals surface area contributed by atoms with E-state index in [0.29, 0.717) is 5.88 Å². The SMILES string of the molecule is O=C1N[C@H](CO)C[C@H]1CCCCl. The molecule has 0 saturated carbocycles. The van der Waals surface area contributed by atoms with Gasteiger partial charge in [0.25, 0.3) is 0 Å².